The van der Waals surface area contributed by atoms with Crippen molar-refractivity contribution in [1.29, 1.82) is 0 Å². The molecule has 116 valence electrons. The summed E-state index contributed by atoms with van der Waals surface area (Å²) in [6.07, 6.45) is 0. The Labute approximate surface area is 119 Å². The normalized spacial score (nSPS) is 14.3. The summed E-state index contributed by atoms with van der Waals surface area (Å²) in [5.41, 5.74) is -0.651. The summed E-state index contributed by atoms with van der Waals surface area (Å²) in [7, 11) is 1.23. The monoisotopic (exact) mass is 288 g/mol. The zero-order valence-corrected chi connectivity index (χ0v) is 12.8. The molecule has 0 fully saturated rings. The molecule has 0 saturated heterocycles. The van der Waals surface area contributed by atoms with E-state index in [2.05, 4.69) is 15.4 Å². The molecule has 0 aromatic carbocycles. The fourth-order valence-electron chi connectivity index (χ4n) is 1.59. The third kappa shape index (κ3) is 5.46. The van der Waals surface area contributed by atoms with Gasteiger partial charge >= 0.3 is 18.0 Å². The highest BCUT2D eigenvalue weighted by molar-refractivity contribution is 5.87. The lowest BCUT2D eigenvalue weighted by molar-refractivity contribution is -0.144. The highest BCUT2D eigenvalue weighted by Crippen LogP contribution is 2.19. The van der Waals surface area contributed by atoms with Gasteiger partial charge in [0.15, 0.2) is 0 Å². The van der Waals surface area contributed by atoms with Crippen molar-refractivity contribution in [1.82, 2.24) is 10.6 Å². The number of methoxy groups -OCH3 is 1. The quantitative estimate of drug-likeness (QED) is 0.654. The van der Waals surface area contributed by atoms with E-state index in [1.165, 1.54) is 7.11 Å². The molecule has 2 unspecified atom stereocenters. The lowest BCUT2D eigenvalue weighted by atomic mass is 9.87. The Morgan fingerprint density at radius 3 is 1.90 bits per heavy atom. The molecule has 0 heterocycles. The minimum atomic E-state index is -1.13. The smallest absolute Gasteiger partial charge is 0.328 e. The lowest BCUT2D eigenvalue weighted by Crippen LogP contribution is -2.56. The summed E-state index contributed by atoms with van der Waals surface area (Å²) in [4.78, 5) is 34.5. The molecule has 0 radical (unpaired) electrons. The number of hydrogen-bond donors (Lipinski definition) is 3. The molecule has 0 saturated carbocycles. The first kappa shape index (κ1) is 18.2. The van der Waals surface area contributed by atoms with Crippen molar-refractivity contribution in [3.63, 3.8) is 0 Å². The number of esters is 1. The second kappa shape index (κ2) is 7.12. The number of urea groups is 1. The van der Waals surface area contributed by atoms with E-state index in [0.717, 1.165) is 0 Å². The summed E-state index contributed by atoms with van der Waals surface area (Å²) in [5, 5.41) is 13.9. The van der Waals surface area contributed by atoms with Crippen molar-refractivity contribution in [2.24, 2.45) is 11.3 Å². The van der Waals surface area contributed by atoms with Crippen molar-refractivity contribution in [2.45, 2.75) is 46.7 Å². The number of hydrogen-bond acceptors (Lipinski definition) is 4. The van der Waals surface area contributed by atoms with Gasteiger partial charge in [-0.15, -0.1) is 0 Å². The number of carboxylic acids is 1. The van der Waals surface area contributed by atoms with Gasteiger partial charge in [0, 0.05) is 0 Å². The third-order valence-corrected chi connectivity index (χ3v) is 2.80. The SMILES string of the molecule is COC(=O)C(NC(=O)NC(C(=O)O)C(C)(C)C)C(C)C. The Bertz CT molecular complexity index is 373. The van der Waals surface area contributed by atoms with Gasteiger partial charge in [-0.05, 0) is 11.3 Å². The summed E-state index contributed by atoms with van der Waals surface area (Å²) in [6, 6.07) is -2.60. The van der Waals surface area contributed by atoms with Crippen LogP contribution in [0.1, 0.15) is 34.6 Å². The van der Waals surface area contributed by atoms with Gasteiger partial charge in [0.25, 0.3) is 0 Å². The molecule has 2 amide bonds. The number of carbonyl (C=O) groups excluding carboxylic acids is 2. The topological polar surface area (TPSA) is 105 Å². The molecule has 0 rings (SSSR count). The Morgan fingerprint density at radius 2 is 1.60 bits per heavy atom. The average molecular weight is 288 g/mol. The molecule has 0 aliphatic carbocycles. The maximum Gasteiger partial charge on any atom is 0.328 e. The number of nitrogens with one attached hydrogen (secondary N) is 2. The Kier molecular flexibility index (Phi) is 6.48. The number of rotatable bonds is 5. The number of amides is 2. The molecule has 0 spiro atoms. The summed E-state index contributed by atoms with van der Waals surface area (Å²) < 4.78 is 4.60. The van der Waals surface area contributed by atoms with E-state index in [4.69, 9.17) is 5.11 Å². The first-order valence-corrected chi connectivity index (χ1v) is 6.38. The zero-order chi connectivity index (χ0) is 16.1. The zero-order valence-electron chi connectivity index (χ0n) is 12.8. The van der Waals surface area contributed by atoms with Crippen LogP contribution in [0.5, 0.6) is 0 Å². The summed E-state index contributed by atoms with van der Waals surface area (Å²) in [6.45, 7) is 8.60. The standard InChI is InChI=1S/C13H24N2O5/c1-7(2)8(11(18)20-6)14-12(19)15-9(10(16)17)13(3,4)5/h7-9H,1-6H3,(H,16,17)(H2,14,15,19). The number of carbonyl (C=O) groups is 3. The van der Waals surface area contributed by atoms with Crippen LogP contribution >= 0.6 is 0 Å². The van der Waals surface area contributed by atoms with Crippen LogP contribution in [0.3, 0.4) is 0 Å². The van der Waals surface area contributed by atoms with Crippen molar-refractivity contribution in [3.05, 3.63) is 0 Å². The molecule has 0 aromatic rings. The molecule has 0 aliphatic rings. The minimum Gasteiger partial charge on any atom is -0.480 e. The number of carboxylic acid groups (broad SMARTS) is 1. The first-order chi connectivity index (χ1) is 9.00. The maximum absolute atomic E-state index is 11.8. The molecular formula is C13H24N2O5. The number of ether oxygens (including phenoxy) is 1. The van der Waals surface area contributed by atoms with Crippen LogP contribution in [-0.4, -0.2) is 42.3 Å². The maximum atomic E-state index is 11.8. The van der Waals surface area contributed by atoms with E-state index < -0.39 is 35.5 Å². The van der Waals surface area contributed by atoms with E-state index in [1.807, 2.05) is 0 Å². The molecule has 0 aliphatic heterocycles. The molecule has 2 atom stereocenters. The van der Waals surface area contributed by atoms with Gasteiger partial charge in [-0.2, -0.15) is 0 Å². The molecule has 20 heavy (non-hydrogen) atoms. The minimum absolute atomic E-state index is 0.175. The second-order valence-electron chi connectivity index (χ2n) is 6.00. The van der Waals surface area contributed by atoms with Gasteiger partial charge in [0.05, 0.1) is 7.11 Å². The molecule has 7 heteroatoms. The van der Waals surface area contributed by atoms with Crippen molar-refractivity contribution in [2.75, 3.05) is 7.11 Å². The molecule has 0 bridgehead atoms. The molecule has 7 nitrogen and oxygen atoms in total. The van der Waals surface area contributed by atoms with Crippen molar-refractivity contribution in [3.8, 4) is 0 Å². The molecule has 0 aromatic heterocycles. The van der Waals surface area contributed by atoms with Gasteiger partial charge < -0.3 is 20.5 Å². The molecule has 3 N–H and O–H groups in total. The highest BCUT2D eigenvalue weighted by atomic mass is 16.5. The fourth-order valence-corrected chi connectivity index (χ4v) is 1.59. The van der Waals surface area contributed by atoms with E-state index >= 15 is 0 Å². The second-order valence-corrected chi connectivity index (χ2v) is 6.00. The fraction of sp³-hybridized carbons (Fsp3) is 0.769. The van der Waals surface area contributed by atoms with Gasteiger partial charge in [-0.25, -0.2) is 14.4 Å². The third-order valence-electron chi connectivity index (χ3n) is 2.80. The van der Waals surface area contributed by atoms with Crippen LogP contribution in [0.2, 0.25) is 0 Å². The first-order valence-electron chi connectivity index (χ1n) is 6.38. The van der Waals surface area contributed by atoms with Gasteiger partial charge in [0.1, 0.15) is 12.1 Å². The van der Waals surface area contributed by atoms with Gasteiger partial charge in [-0.1, -0.05) is 34.6 Å². The summed E-state index contributed by atoms with van der Waals surface area (Å²) in [5.74, 6) is -1.88. The van der Waals surface area contributed by atoms with Crippen LogP contribution in [0.25, 0.3) is 0 Å². The van der Waals surface area contributed by atoms with E-state index in [9.17, 15) is 14.4 Å². The predicted molar refractivity (Wildman–Crippen MR) is 73.2 cm³/mol. The largest absolute Gasteiger partial charge is 0.480 e. The Hall–Kier alpha value is -1.79. The van der Waals surface area contributed by atoms with E-state index in [-0.39, 0.29) is 5.92 Å². The molecular weight excluding hydrogens is 264 g/mol. The van der Waals surface area contributed by atoms with Crippen LogP contribution < -0.4 is 10.6 Å². The van der Waals surface area contributed by atoms with Gasteiger partial charge in [-0.3, -0.25) is 0 Å². The summed E-state index contributed by atoms with van der Waals surface area (Å²) >= 11 is 0. The van der Waals surface area contributed by atoms with Crippen molar-refractivity contribution >= 4 is 18.0 Å². The van der Waals surface area contributed by atoms with E-state index in [1.54, 1.807) is 34.6 Å². The van der Waals surface area contributed by atoms with E-state index in [0.29, 0.717) is 0 Å². The average Bonchev–Trinajstić information content (AvgIpc) is 2.29. The Balaban J connectivity index is 4.83. The lowest BCUT2D eigenvalue weighted by Gasteiger charge is -2.29. The van der Waals surface area contributed by atoms with Crippen LogP contribution in [0, 0.1) is 11.3 Å². The highest BCUT2D eigenvalue weighted by Gasteiger charge is 2.34. The van der Waals surface area contributed by atoms with Gasteiger partial charge in [0.2, 0.25) is 0 Å². The van der Waals surface area contributed by atoms with Crippen LogP contribution in [0.15, 0.2) is 0 Å². The predicted octanol–water partition coefficient (Wildman–Crippen LogP) is 0.982. The number of aliphatic carboxylic acids is 1. The van der Waals surface area contributed by atoms with Crippen molar-refractivity contribution < 1.29 is 24.2 Å². The van der Waals surface area contributed by atoms with Crippen LogP contribution in [-0.2, 0) is 14.3 Å². The Morgan fingerprint density at radius 1 is 1.10 bits per heavy atom. The van der Waals surface area contributed by atoms with Crippen LogP contribution in [0.4, 0.5) is 4.79 Å².